The van der Waals surface area contributed by atoms with Gasteiger partial charge in [-0.25, -0.2) is 0 Å². The maximum atomic E-state index is 13.3. The third kappa shape index (κ3) is 3.53. The predicted octanol–water partition coefficient (Wildman–Crippen LogP) is 4.81. The molecule has 0 saturated carbocycles. The number of ether oxygens (including phenoxy) is 1. The van der Waals surface area contributed by atoms with Crippen molar-refractivity contribution in [2.24, 2.45) is 7.05 Å². The number of methoxy groups -OCH3 is 1. The lowest BCUT2D eigenvalue weighted by atomic mass is 10.2. The molecule has 3 heterocycles. The van der Waals surface area contributed by atoms with Crippen LogP contribution in [0.5, 0.6) is 5.75 Å². The summed E-state index contributed by atoms with van der Waals surface area (Å²) in [4.78, 5) is 16.3. The van der Waals surface area contributed by atoms with Crippen molar-refractivity contribution in [3.63, 3.8) is 0 Å². The van der Waals surface area contributed by atoms with Crippen molar-refractivity contribution in [3.05, 3.63) is 57.5 Å². The van der Waals surface area contributed by atoms with Crippen molar-refractivity contribution in [2.75, 3.05) is 19.4 Å². The Kier molecular flexibility index (Phi) is 5.29. The summed E-state index contributed by atoms with van der Waals surface area (Å²) in [5, 5.41) is 6.53. The zero-order chi connectivity index (χ0) is 19.0. The van der Waals surface area contributed by atoms with Crippen LogP contribution >= 0.6 is 39.0 Å². The Morgan fingerprint density at radius 2 is 2.19 bits per heavy atom. The van der Waals surface area contributed by atoms with Gasteiger partial charge in [-0.05, 0) is 51.1 Å². The summed E-state index contributed by atoms with van der Waals surface area (Å²) in [6.07, 6.45) is 0. The molecule has 5 nitrogen and oxygen atoms in total. The number of thioether (sulfide) groups is 1. The first-order valence-corrected chi connectivity index (χ1v) is 11.1. The summed E-state index contributed by atoms with van der Waals surface area (Å²) in [6.45, 7) is 0.720. The fourth-order valence-corrected chi connectivity index (χ4v) is 5.63. The molecule has 1 atom stereocenters. The van der Waals surface area contributed by atoms with Gasteiger partial charge in [-0.2, -0.15) is 5.10 Å². The third-order valence-corrected chi connectivity index (χ3v) is 7.26. The first-order chi connectivity index (χ1) is 13.1. The molecule has 0 spiro atoms. The quantitative estimate of drug-likeness (QED) is 0.556. The van der Waals surface area contributed by atoms with E-state index < -0.39 is 0 Å². The third-order valence-electron chi connectivity index (χ3n) is 4.49. The normalized spacial score (nSPS) is 16.7. The van der Waals surface area contributed by atoms with E-state index in [1.165, 1.54) is 0 Å². The standard InChI is InChI=1S/C19H18BrN3O2S2/c1-22-15(11-14(21-22)17-4-3-8-26-17)18(24)23-7-9-27-19(23)12-5-6-16(25-2)13(20)10-12/h3-6,8,10-11,19H,7,9H2,1-2H3. The topological polar surface area (TPSA) is 47.4 Å². The number of carbonyl (C=O) groups excluding carboxylic acids is 1. The maximum absolute atomic E-state index is 13.3. The number of rotatable bonds is 4. The van der Waals surface area contributed by atoms with Crippen LogP contribution in [-0.4, -0.2) is 40.0 Å². The maximum Gasteiger partial charge on any atom is 0.273 e. The lowest BCUT2D eigenvalue weighted by molar-refractivity contribution is 0.0749. The van der Waals surface area contributed by atoms with E-state index in [0.717, 1.165) is 38.7 Å². The van der Waals surface area contributed by atoms with Gasteiger partial charge in [0, 0.05) is 19.3 Å². The molecule has 8 heteroatoms. The molecule has 1 fully saturated rings. The highest BCUT2D eigenvalue weighted by Gasteiger charge is 2.33. The molecule has 1 unspecified atom stereocenters. The fraction of sp³-hybridized carbons (Fsp3) is 0.263. The van der Waals surface area contributed by atoms with E-state index >= 15 is 0 Å². The second-order valence-electron chi connectivity index (χ2n) is 6.13. The summed E-state index contributed by atoms with van der Waals surface area (Å²) in [7, 11) is 3.47. The number of aromatic nitrogens is 2. The molecule has 140 valence electrons. The number of carbonyl (C=O) groups is 1. The monoisotopic (exact) mass is 463 g/mol. The van der Waals surface area contributed by atoms with Gasteiger partial charge >= 0.3 is 0 Å². The molecule has 1 aromatic carbocycles. The number of thiophene rings is 1. The van der Waals surface area contributed by atoms with Gasteiger partial charge in [-0.3, -0.25) is 9.48 Å². The van der Waals surface area contributed by atoms with E-state index in [9.17, 15) is 4.79 Å². The van der Waals surface area contributed by atoms with Gasteiger partial charge < -0.3 is 9.64 Å². The fourth-order valence-electron chi connectivity index (χ4n) is 3.15. The van der Waals surface area contributed by atoms with E-state index in [2.05, 4.69) is 21.0 Å². The van der Waals surface area contributed by atoms with Crippen molar-refractivity contribution in [3.8, 4) is 16.3 Å². The zero-order valence-corrected chi connectivity index (χ0v) is 18.1. The molecule has 4 rings (SSSR count). The summed E-state index contributed by atoms with van der Waals surface area (Å²) >= 11 is 6.94. The van der Waals surface area contributed by atoms with E-state index in [1.54, 1.807) is 34.9 Å². The Bertz CT molecular complexity index is 972. The predicted molar refractivity (Wildman–Crippen MR) is 113 cm³/mol. The molecule has 2 aromatic heterocycles. The SMILES string of the molecule is COc1ccc(C2SCCN2C(=O)c2cc(-c3cccs3)nn2C)cc1Br. The molecular weight excluding hydrogens is 446 g/mol. The largest absolute Gasteiger partial charge is 0.496 e. The zero-order valence-electron chi connectivity index (χ0n) is 14.9. The number of halogens is 1. The van der Waals surface area contributed by atoms with E-state index in [1.807, 2.05) is 53.7 Å². The van der Waals surface area contributed by atoms with Crippen LogP contribution in [0, 0.1) is 0 Å². The van der Waals surface area contributed by atoms with Crippen LogP contribution in [0.2, 0.25) is 0 Å². The van der Waals surface area contributed by atoms with Gasteiger partial charge in [0.2, 0.25) is 0 Å². The van der Waals surface area contributed by atoms with Crippen LogP contribution in [0.4, 0.5) is 0 Å². The van der Waals surface area contributed by atoms with Crippen molar-refractivity contribution >= 4 is 44.9 Å². The highest BCUT2D eigenvalue weighted by molar-refractivity contribution is 9.10. The molecule has 0 aliphatic carbocycles. The molecule has 1 amide bonds. The van der Waals surface area contributed by atoms with Crippen LogP contribution in [0.3, 0.4) is 0 Å². The molecule has 1 saturated heterocycles. The van der Waals surface area contributed by atoms with Crippen molar-refractivity contribution in [2.45, 2.75) is 5.37 Å². The molecule has 1 aliphatic rings. The Hall–Kier alpha value is -1.77. The van der Waals surface area contributed by atoms with Gasteiger partial charge in [0.05, 0.1) is 16.5 Å². The summed E-state index contributed by atoms with van der Waals surface area (Å²) in [5.41, 5.74) is 2.53. The lowest BCUT2D eigenvalue weighted by Crippen LogP contribution is -2.31. The van der Waals surface area contributed by atoms with Gasteiger partial charge in [-0.15, -0.1) is 23.1 Å². The smallest absolute Gasteiger partial charge is 0.273 e. The number of amides is 1. The van der Waals surface area contributed by atoms with Crippen LogP contribution in [0.1, 0.15) is 21.4 Å². The average Bonchev–Trinajstić information content (AvgIpc) is 3.41. The highest BCUT2D eigenvalue weighted by Crippen LogP contribution is 2.41. The van der Waals surface area contributed by atoms with Crippen LogP contribution in [0.15, 0.2) is 46.3 Å². The van der Waals surface area contributed by atoms with Gasteiger partial charge in [-0.1, -0.05) is 12.1 Å². The minimum absolute atomic E-state index is 0.00902. The van der Waals surface area contributed by atoms with Crippen molar-refractivity contribution < 1.29 is 9.53 Å². The molecule has 0 bridgehead atoms. The minimum Gasteiger partial charge on any atom is -0.496 e. The van der Waals surface area contributed by atoms with E-state index in [4.69, 9.17) is 4.74 Å². The number of aryl methyl sites for hydroxylation is 1. The number of hydrogen-bond acceptors (Lipinski definition) is 5. The lowest BCUT2D eigenvalue weighted by Gasteiger charge is -2.24. The van der Waals surface area contributed by atoms with Crippen LogP contribution in [-0.2, 0) is 7.05 Å². The second kappa shape index (κ2) is 7.69. The second-order valence-corrected chi connectivity index (χ2v) is 9.12. The Labute approximate surface area is 174 Å². The first-order valence-electron chi connectivity index (χ1n) is 8.42. The molecule has 27 heavy (non-hydrogen) atoms. The Morgan fingerprint density at radius 3 is 2.89 bits per heavy atom. The van der Waals surface area contributed by atoms with Gasteiger partial charge in [0.1, 0.15) is 22.5 Å². The van der Waals surface area contributed by atoms with Crippen LogP contribution < -0.4 is 4.74 Å². The minimum atomic E-state index is -0.0141. The van der Waals surface area contributed by atoms with Gasteiger partial charge in [0.25, 0.3) is 5.91 Å². The summed E-state index contributed by atoms with van der Waals surface area (Å²) < 4.78 is 7.89. The molecule has 3 aromatic rings. The highest BCUT2D eigenvalue weighted by atomic mass is 79.9. The number of hydrogen-bond donors (Lipinski definition) is 0. The Balaban J connectivity index is 1.62. The molecule has 1 aliphatic heterocycles. The molecule has 0 N–H and O–H groups in total. The summed E-state index contributed by atoms with van der Waals surface area (Å²) in [5.74, 6) is 1.71. The number of benzene rings is 1. The number of nitrogens with zero attached hydrogens (tertiary/aromatic N) is 3. The van der Waals surface area contributed by atoms with Crippen molar-refractivity contribution in [1.82, 2.24) is 14.7 Å². The van der Waals surface area contributed by atoms with Crippen LogP contribution in [0.25, 0.3) is 10.6 Å². The average molecular weight is 464 g/mol. The van der Waals surface area contributed by atoms with E-state index in [-0.39, 0.29) is 11.3 Å². The van der Waals surface area contributed by atoms with E-state index in [0.29, 0.717) is 5.69 Å². The molecular formula is C19H18BrN3O2S2. The Morgan fingerprint density at radius 1 is 1.33 bits per heavy atom. The molecule has 0 radical (unpaired) electrons. The first kappa shape index (κ1) is 18.6. The van der Waals surface area contributed by atoms with Crippen molar-refractivity contribution in [1.29, 1.82) is 0 Å². The van der Waals surface area contributed by atoms with Gasteiger partial charge in [0.15, 0.2) is 0 Å². The summed E-state index contributed by atoms with van der Waals surface area (Å²) in [6, 6.07) is 11.9.